The molecule has 0 spiro atoms. The second-order valence-corrected chi connectivity index (χ2v) is 10.0. The van der Waals surface area contributed by atoms with Gasteiger partial charge in [0, 0.05) is 0 Å². The summed E-state index contributed by atoms with van der Waals surface area (Å²) in [5, 5.41) is 0. The molecule has 0 aliphatic carbocycles. The van der Waals surface area contributed by atoms with Crippen LogP contribution in [0, 0.1) is 13.8 Å². The molecule has 3 aromatic rings. The van der Waals surface area contributed by atoms with Crippen molar-refractivity contribution in [3.63, 3.8) is 0 Å². The number of nitrogens with one attached hydrogen (secondary N) is 2. The van der Waals surface area contributed by atoms with Gasteiger partial charge >= 0.3 is 0 Å². The van der Waals surface area contributed by atoms with E-state index in [0.717, 1.165) is 11.1 Å². The van der Waals surface area contributed by atoms with Crippen molar-refractivity contribution >= 4 is 31.4 Å². The lowest BCUT2D eigenvalue weighted by atomic mass is 10.1. The topological polar surface area (TPSA) is 102 Å². The number of para-hydroxylation sites is 2. The third kappa shape index (κ3) is 4.74. The van der Waals surface area contributed by atoms with Gasteiger partial charge in [-0.25, -0.2) is 16.8 Å². The molecule has 0 amide bonds. The van der Waals surface area contributed by atoms with Crippen LogP contribution in [0.2, 0.25) is 0 Å². The van der Waals surface area contributed by atoms with E-state index in [4.69, 9.17) is 4.74 Å². The zero-order valence-electron chi connectivity index (χ0n) is 16.7. The average Bonchev–Trinajstić information content (AvgIpc) is 2.70. The number of methoxy groups -OCH3 is 1. The van der Waals surface area contributed by atoms with E-state index < -0.39 is 20.0 Å². The maximum absolute atomic E-state index is 12.8. The van der Waals surface area contributed by atoms with Gasteiger partial charge in [0.05, 0.1) is 28.3 Å². The van der Waals surface area contributed by atoms with Gasteiger partial charge in [-0.05, 0) is 67.4 Å². The van der Waals surface area contributed by atoms with Crippen LogP contribution < -0.4 is 14.2 Å². The molecule has 3 rings (SSSR count). The molecule has 0 aromatic heterocycles. The number of benzene rings is 3. The molecular formula is C21H22N2O5S2. The normalized spacial score (nSPS) is 11.7. The molecule has 158 valence electrons. The lowest BCUT2D eigenvalue weighted by molar-refractivity contribution is 0.417. The molecule has 0 radical (unpaired) electrons. The molecule has 0 aliphatic heterocycles. The molecule has 0 aliphatic rings. The van der Waals surface area contributed by atoms with Crippen LogP contribution in [0.4, 0.5) is 11.4 Å². The van der Waals surface area contributed by atoms with Crippen molar-refractivity contribution in [1.29, 1.82) is 0 Å². The summed E-state index contributed by atoms with van der Waals surface area (Å²) in [6.45, 7) is 3.72. The maximum Gasteiger partial charge on any atom is 0.262 e. The quantitative estimate of drug-likeness (QED) is 0.573. The first-order valence-electron chi connectivity index (χ1n) is 8.98. The maximum atomic E-state index is 12.8. The van der Waals surface area contributed by atoms with E-state index in [1.54, 1.807) is 36.4 Å². The number of anilines is 2. The van der Waals surface area contributed by atoms with Gasteiger partial charge in [0.15, 0.2) is 0 Å². The second-order valence-electron chi connectivity index (χ2n) is 6.69. The van der Waals surface area contributed by atoms with Crippen LogP contribution in [0.25, 0.3) is 0 Å². The van der Waals surface area contributed by atoms with Gasteiger partial charge in [-0.2, -0.15) is 0 Å². The molecule has 0 saturated carbocycles. The van der Waals surface area contributed by atoms with Gasteiger partial charge in [0.2, 0.25) is 0 Å². The Kier molecular flexibility index (Phi) is 6.04. The first-order valence-corrected chi connectivity index (χ1v) is 11.9. The Balaban J connectivity index is 1.89. The highest BCUT2D eigenvalue weighted by molar-refractivity contribution is 7.93. The van der Waals surface area contributed by atoms with Crippen molar-refractivity contribution in [3.8, 4) is 5.75 Å². The molecule has 2 N–H and O–H groups in total. The summed E-state index contributed by atoms with van der Waals surface area (Å²) in [6.07, 6.45) is 0. The molecule has 0 bridgehead atoms. The van der Waals surface area contributed by atoms with Crippen LogP contribution in [0.5, 0.6) is 5.75 Å². The standard InChI is InChI=1S/C21H22N2O5S2/c1-15-11-12-19(13-16(15)2)29(24,25)22-17-7-6-8-18(14-17)30(26,27)23-20-9-4-5-10-21(20)28-3/h4-14,22-23H,1-3H3. The first kappa shape index (κ1) is 21.7. The Morgan fingerprint density at radius 3 is 2.07 bits per heavy atom. The Bertz CT molecular complexity index is 1290. The minimum atomic E-state index is -3.97. The van der Waals surface area contributed by atoms with E-state index in [9.17, 15) is 16.8 Å². The Morgan fingerprint density at radius 2 is 1.37 bits per heavy atom. The summed E-state index contributed by atoms with van der Waals surface area (Å²) in [4.78, 5) is 0.0136. The van der Waals surface area contributed by atoms with E-state index in [-0.39, 0.29) is 21.2 Å². The zero-order valence-corrected chi connectivity index (χ0v) is 18.3. The van der Waals surface area contributed by atoms with E-state index in [2.05, 4.69) is 9.44 Å². The third-order valence-electron chi connectivity index (χ3n) is 4.54. The largest absolute Gasteiger partial charge is 0.495 e. The molecule has 30 heavy (non-hydrogen) atoms. The van der Waals surface area contributed by atoms with Crippen LogP contribution >= 0.6 is 0 Å². The molecular weight excluding hydrogens is 424 g/mol. The van der Waals surface area contributed by atoms with E-state index in [1.807, 2.05) is 13.8 Å². The predicted octanol–water partition coefficient (Wildman–Crippen LogP) is 3.91. The summed E-state index contributed by atoms with van der Waals surface area (Å²) in [6, 6.07) is 17.0. The fraction of sp³-hybridized carbons (Fsp3) is 0.143. The number of ether oxygens (including phenoxy) is 1. The van der Waals surface area contributed by atoms with Crippen LogP contribution in [0.3, 0.4) is 0 Å². The number of hydrogen-bond acceptors (Lipinski definition) is 5. The van der Waals surface area contributed by atoms with Crippen molar-refractivity contribution in [1.82, 2.24) is 0 Å². The number of sulfonamides is 2. The molecule has 0 saturated heterocycles. The van der Waals surface area contributed by atoms with Crippen LogP contribution in [0.15, 0.2) is 76.5 Å². The Morgan fingerprint density at radius 1 is 0.700 bits per heavy atom. The molecule has 0 unspecified atom stereocenters. The predicted molar refractivity (Wildman–Crippen MR) is 117 cm³/mol. The second kappa shape index (κ2) is 8.37. The van der Waals surface area contributed by atoms with Gasteiger partial charge < -0.3 is 4.74 Å². The number of rotatable bonds is 7. The van der Waals surface area contributed by atoms with Crippen molar-refractivity contribution in [2.45, 2.75) is 23.6 Å². The molecule has 0 fully saturated rings. The molecule has 0 heterocycles. The Hall–Kier alpha value is -3.04. The third-order valence-corrected chi connectivity index (χ3v) is 7.28. The first-order chi connectivity index (χ1) is 14.1. The van der Waals surface area contributed by atoms with Crippen LogP contribution in [0.1, 0.15) is 11.1 Å². The van der Waals surface area contributed by atoms with Crippen molar-refractivity contribution in [3.05, 3.63) is 77.9 Å². The molecule has 0 atom stereocenters. The monoisotopic (exact) mass is 446 g/mol. The Labute approximate surface area is 176 Å². The number of aryl methyl sites for hydroxylation is 2. The van der Waals surface area contributed by atoms with Gasteiger partial charge in [0.1, 0.15) is 5.75 Å². The average molecular weight is 447 g/mol. The van der Waals surface area contributed by atoms with Crippen molar-refractivity contribution < 1.29 is 21.6 Å². The lowest BCUT2D eigenvalue weighted by Crippen LogP contribution is -2.16. The van der Waals surface area contributed by atoms with Crippen molar-refractivity contribution in [2.24, 2.45) is 0 Å². The smallest absolute Gasteiger partial charge is 0.262 e. The van der Waals surface area contributed by atoms with Gasteiger partial charge in [-0.1, -0.05) is 24.3 Å². The van der Waals surface area contributed by atoms with Crippen molar-refractivity contribution in [2.75, 3.05) is 16.6 Å². The summed E-state index contributed by atoms with van der Waals surface area (Å²) in [5.41, 5.74) is 2.23. The highest BCUT2D eigenvalue weighted by Gasteiger charge is 2.19. The van der Waals surface area contributed by atoms with E-state index in [1.165, 1.54) is 37.4 Å². The van der Waals surface area contributed by atoms with E-state index >= 15 is 0 Å². The summed E-state index contributed by atoms with van der Waals surface area (Å²) < 4.78 is 61.1. The number of hydrogen-bond donors (Lipinski definition) is 2. The summed E-state index contributed by atoms with van der Waals surface area (Å²) >= 11 is 0. The SMILES string of the molecule is COc1ccccc1NS(=O)(=O)c1cccc(NS(=O)(=O)c2ccc(C)c(C)c2)c1. The van der Waals surface area contributed by atoms with Crippen LogP contribution in [-0.4, -0.2) is 23.9 Å². The molecule has 9 heteroatoms. The van der Waals surface area contributed by atoms with Crippen LogP contribution in [-0.2, 0) is 20.0 Å². The fourth-order valence-electron chi connectivity index (χ4n) is 2.75. The minimum Gasteiger partial charge on any atom is -0.495 e. The summed E-state index contributed by atoms with van der Waals surface area (Å²) in [5.74, 6) is 0.368. The fourth-order valence-corrected chi connectivity index (χ4v) is 5.00. The molecule has 7 nitrogen and oxygen atoms in total. The van der Waals surface area contributed by atoms with Gasteiger partial charge in [-0.15, -0.1) is 0 Å². The van der Waals surface area contributed by atoms with Gasteiger partial charge in [-0.3, -0.25) is 9.44 Å². The highest BCUT2D eigenvalue weighted by Crippen LogP contribution is 2.27. The van der Waals surface area contributed by atoms with E-state index in [0.29, 0.717) is 5.75 Å². The zero-order chi connectivity index (χ0) is 21.9. The molecule has 3 aromatic carbocycles. The van der Waals surface area contributed by atoms with Gasteiger partial charge in [0.25, 0.3) is 20.0 Å². The summed E-state index contributed by atoms with van der Waals surface area (Å²) in [7, 11) is -6.40. The highest BCUT2D eigenvalue weighted by atomic mass is 32.2. The lowest BCUT2D eigenvalue weighted by Gasteiger charge is -2.13. The minimum absolute atomic E-state index is 0.0892.